The van der Waals surface area contributed by atoms with Gasteiger partial charge in [-0.15, -0.1) is 0 Å². The van der Waals surface area contributed by atoms with E-state index in [4.69, 9.17) is 9.47 Å². The summed E-state index contributed by atoms with van der Waals surface area (Å²) in [6.07, 6.45) is 0.0261. The van der Waals surface area contributed by atoms with Crippen LogP contribution < -0.4 is 4.74 Å². The van der Waals surface area contributed by atoms with Gasteiger partial charge in [-0.25, -0.2) is 0 Å². The molecule has 0 saturated carbocycles. The van der Waals surface area contributed by atoms with E-state index < -0.39 is 0 Å². The third kappa shape index (κ3) is 1.76. The maximum absolute atomic E-state index is 9.64. The van der Waals surface area contributed by atoms with Crippen LogP contribution in [-0.2, 0) is 10.2 Å². The van der Waals surface area contributed by atoms with Crippen molar-refractivity contribution in [3.63, 3.8) is 0 Å². The van der Waals surface area contributed by atoms with Gasteiger partial charge in [-0.3, -0.25) is 4.90 Å². The van der Waals surface area contributed by atoms with Crippen molar-refractivity contribution in [1.82, 2.24) is 4.90 Å². The summed E-state index contributed by atoms with van der Waals surface area (Å²) in [5, 5.41) is 9.64. The predicted octanol–water partition coefficient (Wildman–Crippen LogP) is 1.72. The smallest absolute Gasteiger partial charge is 0.162 e. The molecule has 1 saturated heterocycles. The number of phenols is 1. The molecule has 4 heteroatoms. The molecule has 0 amide bonds. The molecule has 1 aromatic rings. The molecule has 1 atom stereocenters. The topological polar surface area (TPSA) is 41.9 Å². The number of nitrogens with zero attached hydrogens (tertiary/aromatic N) is 1. The Kier molecular flexibility index (Phi) is 2.72. The van der Waals surface area contributed by atoms with Crippen molar-refractivity contribution in [3.8, 4) is 11.5 Å². The zero-order valence-corrected chi connectivity index (χ0v) is 10.8. The molecule has 4 nitrogen and oxygen atoms in total. The number of rotatable bonds is 1. The Labute approximate surface area is 107 Å². The SMILES string of the molecule is CC1(C)c2cc(O)ccc2O[C@H]1N1CCOCC1. The summed E-state index contributed by atoms with van der Waals surface area (Å²) in [5.41, 5.74) is 0.963. The molecule has 0 bridgehead atoms. The van der Waals surface area contributed by atoms with Crippen molar-refractivity contribution >= 4 is 0 Å². The standard InChI is InChI=1S/C14H19NO3/c1-14(2)11-9-10(16)3-4-12(11)18-13(14)15-5-7-17-8-6-15/h3-4,9,13,16H,5-8H2,1-2H3/t13-/m1/s1. The largest absolute Gasteiger partial charge is 0.508 e. The zero-order valence-electron chi connectivity index (χ0n) is 10.8. The van der Waals surface area contributed by atoms with Gasteiger partial charge in [-0.05, 0) is 18.2 Å². The lowest BCUT2D eigenvalue weighted by Crippen LogP contribution is -2.52. The minimum absolute atomic E-state index is 0.0261. The van der Waals surface area contributed by atoms with Crippen LogP contribution in [0, 0.1) is 0 Å². The van der Waals surface area contributed by atoms with Crippen LogP contribution in [0.1, 0.15) is 19.4 Å². The highest BCUT2D eigenvalue weighted by molar-refractivity contribution is 5.47. The minimum atomic E-state index is -0.120. The fourth-order valence-electron chi connectivity index (χ4n) is 2.87. The van der Waals surface area contributed by atoms with Gasteiger partial charge in [0.05, 0.1) is 13.2 Å². The van der Waals surface area contributed by atoms with Crippen molar-refractivity contribution in [1.29, 1.82) is 0 Å². The second kappa shape index (κ2) is 4.14. The Morgan fingerprint density at radius 2 is 2.00 bits per heavy atom. The van der Waals surface area contributed by atoms with Crippen molar-refractivity contribution in [3.05, 3.63) is 23.8 Å². The second-order valence-electron chi connectivity index (χ2n) is 5.52. The summed E-state index contributed by atoms with van der Waals surface area (Å²) in [6, 6.07) is 5.35. The van der Waals surface area contributed by atoms with E-state index in [2.05, 4.69) is 18.7 Å². The van der Waals surface area contributed by atoms with E-state index in [0.717, 1.165) is 37.6 Å². The van der Waals surface area contributed by atoms with Gasteiger partial charge < -0.3 is 14.6 Å². The first-order valence-corrected chi connectivity index (χ1v) is 6.41. The molecule has 3 rings (SSSR count). The van der Waals surface area contributed by atoms with E-state index in [0.29, 0.717) is 5.75 Å². The van der Waals surface area contributed by atoms with Crippen LogP contribution in [-0.4, -0.2) is 42.5 Å². The van der Waals surface area contributed by atoms with Crippen molar-refractivity contribution < 1.29 is 14.6 Å². The summed E-state index contributed by atoms with van der Waals surface area (Å²) >= 11 is 0. The van der Waals surface area contributed by atoms with E-state index >= 15 is 0 Å². The molecule has 98 valence electrons. The normalized spacial score (nSPS) is 26.7. The Hall–Kier alpha value is -1.26. The highest BCUT2D eigenvalue weighted by Gasteiger charge is 2.45. The van der Waals surface area contributed by atoms with Crippen LogP contribution in [0.4, 0.5) is 0 Å². The van der Waals surface area contributed by atoms with Crippen molar-refractivity contribution in [2.24, 2.45) is 0 Å². The van der Waals surface area contributed by atoms with Gasteiger partial charge in [0.25, 0.3) is 0 Å². The van der Waals surface area contributed by atoms with Gasteiger partial charge in [-0.1, -0.05) is 13.8 Å². The molecular formula is C14H19NO3. The summed E-state index contributed by atoms with van der Waals surface area (Å²) in [4.78, 5) is 2.32. The number of hydrogen-bond acceptors (Lipinski definition) is 4. The molecule has 2 aliphatic rings. The molecule has 0 spiro atoms. The summed E-state index contributed by atoms with van der Waals surface area (Å²) in [5.74, 6) is 1.18. The van der Waals surface area contributed by atoms with Gasteiger partial charge in [0.2, 0.25) is 0 Å². The lowest BCUT2D eigenvalue weighted by atomic mass is 9.83. The van der Waals surface area contributed by atoms with E-state index in [1.807, 2.05) is 12.1 Å². The van der Waals surface area contributed by atoms with Gasteiger partial charge in [0.1, 0.15) is 11.5 Å². The molecule has 0 aromatic heterocycles. The van der Waals surface area contributed by atoms with Crippen molar-refractivity contribution in [2.75, 3.05) is 26.3 Å². The second-order valence-corrected chi connectivity index (χ2v) is 5.52. The number of morpholine rings is 1. The maximum atomic E-state index is 9.64. The van der Waals surface area contributed by atoms with Gasteiger partial charge in [0, 0.05) is 24.1 Å². The van der Waals surface area contributed by atoms with Crippen LogP contribution in [0.15, 0.2) is 18.2 Å². The number of phenolic OH excluding ortho intramolecular Hbond substituents is 1. The Morgan fingerprint density at radius 1 is 1.28 bits per heavy atom. The third-order valence-corrected chi connectivity index (χ3v) is 3.89. The van der Waals surface area contributed by atoms with Crippen LogP contribution >= 0.6 is 0 Å². The third-order valence-electron chi connectivity index (χ3n) is 3.89. The Balaban J connectivity index is 1.92. The molecule has 2 heterocycles. The highest BCUT2D eigenvalue weighted by atomic mass is 16.5. The summed E-state index contributed by atoms with van der Waals surface area (Å²) in [6.45, 7) is 7.65. The lowest BCUT2D eigenvalue weighted by Gasteiger charge is -2.38. The van der Waals surface area contributed by atoms with E-state index in [9.17, 15) is 5.11 Å². The molecule has 0 unspecified atom stereocenters. The first-order chi connectivity index (χ1) is 8.59. The average molecular weight is 249 g/mol. The molecule has 1 aromatic carbocycles. The predicted molar refractivity (Wildman–Crippen MR) is 67.9 cm³/mol. The molecule has 1 N–H and O–H groups in total. The monoisotopic (exact) mass is 249 g/mol. The highest BCUT2D eigenvalue weighted by Crippen LogP contribution is 2.45. The number of fused-ring (bicyclic) bond motifs is 1. The fraction of sp³-hybridized carbons (Fsp3) is 0.571. The van der Waals surface area contributed by atoms with E-state index in [1.54, 1.807) is 6.07 Å². The first-order valence-electron chi connectivity index (χ1n) is 6.41. The Morgan fingerprint density at radius 3 is 2.72 bits per heavy atom. The Bertz CT molecular complexity index is 452. The first kappa shape index (κ1) is 11.8. The molecular weight excluding hydrogens is 230 g/mol. The minimum Gasteiger partial charge on any atom is -0.508 e. The number of ether oxygens (including phenoxy) is 2. The number of hydrogen-bond donors (Lipinski definition) is 1. The molecule has 0 radical (unpaired) electrons. The van der Waals surface area contributed by atoms with Gasteiger partial charge in [0.15, 0.2) is 6.23 Å². The van der Waals surface area contributed by atoms with Crippen LogP contribution in [0.5, 0.6) is 11.5 Å². The van der Waals surface area contributed by atoms with Crippen molar-refractivity contribution in [2.45, 2.75) is 25.5 Å². The summed E-state index contributed by atoms with van der Waals surface area (Å²) in [7, 11) is 0. The van der Waals surface area contributed by atoms with E-state index in [1.165, 1.54) is 0 Å². The van der Waals surface area contributed by atoms with Gasteiger partial charge in [-0.2, -0.15) is 0 Å². The average Bonchev–Trinajstić information content (AvgIpc) is 2.63. The molecule has 0 aliphatic carbocycles. The van der Waals surface area contributed by atoms with E-state index in [-0.39, 0.29) is 11.6 Å². The number of benzene rings is 1. The molecule has 1 fully saturated rings. The van der Waals surface area contributed by atoms with Crippen LogP contribution in [0.3, 0.4) is 0 Å². The fourth-order valence-corrected chi connectivity index (χ4v) is 2.87. The number of aromatic hydroxyl groups is 1. The quantitative estimate of drug-likeness (QED) is 0.823. The molecule has 2 aliphatic heterocycles. The summed E-state index contributed by atoms with van der Waals surface area (Å²) < 4.78 is 11.5. The van der Waals surface area contributed by atoms with Crippen LogP contribution in [0.25, 0.3) is 0 Å². The van der Waals surface area contributed by atoms with Crippen LogP contribution in [0.2, 0.25) is 0 Å². The maximum Gasteiger partial charge on any atom is 0.162 e. The zero-order chi connectivity index (χ0) is 12.8. The molecule has 18 heavy (non-hydrogen) atoms. The van der Waals surface area contributed by atoms with Gasteiger partial charge >= 0.3 is 0 Å². The lowest BCUT2D eigenvalue weighted by molar-refractivity contribution is -0.0612.